The third-order valence-corrected chi connectivity index (χ3v) is 2.96. The summed E-state index contributed by atoms with van der Waals surface area (Å²) < 4.78 is 6.42. The van der Waals surface area contributed by atoms with Crippen molar-refractivity contribution in [2.45, 2.75) is 18.4 Å². The summed E-state index contributed by atoms with van der Waals surface area (Å²) in [6.07, 6.45) is 2.01. The maximum Gasteiger partial charge on any atom is 0.137 e. The van der Waals surface area contributed by atoms with Crippen LogP contribution in [0.1, 0.15) is 18.4 Å². The summed E-state index contributed by atoms with van der Waals surface area (Å²) in [6.45, 7) is 0.489. The number of halogens is 1. The van der Waals surface area contributed by atoms with E-state index in [4.69, 9.17) is 15.7 Å². The van der Waals surface area contributed by atoms with Gasteiger partial charge in [0, 0.05) is 4.47 Å². The molecule has 78 valence electrons. The van der Waals surface area contributed by atoms with E-state index in [1.54, 1.807) is 12.1 Å². The highest BCUT2D eigenvalue weighted by molar-refractivity contribution is 9.10. The van der Waals surface area contributed by atoms with E-state index in [-0.39, 0.29) is 5.54 Å². The molecule has 1 aromatic carbocycles. The number of benzene rings is 1. The van der Waals surface area contributed by atoms with Crippen molar-refractivity contribution in [3.8, 4) is 11.8 Å². The van der Waals surface area contributed by atoms with E-state index >= 15 is 0 Å². The van der Waals surface area contributed by atoms with Gasteiger partial charge in [0.2, 0.25) is 0 Å². The molecule has 1 fully saturated rings. The van der Waals surface area contributed by atoms with E-state index in [2.05, 4.69) is 22.0 Å². The van der Waals surface area contributed by atoms with Gasteiger partial charge in [0.15, 0.2) is 0 Å². The zero-order valence-corrected chi connectivity index (χ0v) is 9.75. The van der Waals surface area contributed by atoms with E-state index in [0.29, 0.717) is 17.9 Å². The summed E-state index contributed by atoms with van der Waals surface area (Å²) in [6, 6.07) is 7.48. The molecule has 0 atom stereocenters. The number of nitrogens with two attached hydrogens (primary N) is 1. The van der Waals surface area contributed by atoms with Crippen molar-refractivity contribution in [1.29, 1.82) is 5.26 Å². The quantitative estimate of drug-likeness (QED) is 0.913. The zero-order valence-electron chi connectivity index (χ0n) is 8.16. The predicted octanol–water partition coefficient (Wildman–Crippen LogP) is 2.19. The fourth-order valence-corrected chi connectivity index (χ4v) is 1.60. The molecule has 1 aliphatic rings. The van der Waals surface area contributed by atoms with Crippen molar-refractivity contribution < 1.29 is 4.74 Å². The van der Waals surface area contributed by atoms with Crippen LogP contribution in [-0.2, 0) is 0 Å². The van der Waals surface area contributed by atoms with Crippen molar-refractivity contribution in [1.82, 2.24) is 0 Å². The molecule has 0 amide bonds. The monoisotopic (exact) mass is 266 g/mol. The van der Waals surface area contributed by atoms with E-state index in [1.165, 1.54) is 0 Å². The summed E-state index contributed by atoms with van der Waals surface area (Å²) in [5.41, 5.74) is 6.28. The minimum Gasteiger partial charge on any atom is -0.490 e. The number of ether oxygens (including phenoxy) is 1. The van der Waals surface area contributed by atoms with Crippen LogP contribution in [0.15, 0.2) is 22.7 Å². The van der Waals surface area contributed by atoms with Crippen molar-refractivity contribution in [3.05, 3.63) is 28.2 Å². The molecule has 1 aliphatic carbocycles. The van der Waals surface area contributed by atoms with Crippen LogP contribution in [0.5, 0.6) is 5.75 Å². The predicted molar refractivity (Wildman–Crippen MR) is 60.5 cm³/mol. The van der Waals surface area contributed by atoms with Crippen molar-refractivity contribution >= 4 is 15.9 Å². The average molecular weight is 267 g/mol. The third-order valence-electron chi connectivity index (χ3n) is 2.47. The van der Waals surface area contributed by atoms with Crippen molar-refractivity contribution in [2.24, 2.45) is 5.73 Å². The number of rotatable bonds is 3. The molecule has 15 heavy (non-hydrogen) atoms. The van der Waals surface area contributed by atoms with Gasteiger partial charge < -0.3 is 10.5 Å². The van der Waals surface area contributed by atoms with Crippen molar-refractivity contribution in [3.63, 3.8) is 0 Å². The second kappa shape index (κ2) is 3.84. The Balaban J connectivity index is 2.10. The average Bonchev–Trinajstić information content (AvgIpc) is 2.95. The molecule has 0 radical (unpaired) electrons. The minimum atomic E-state index is -0.153. The number of hydrogen-bond donors (Lipinski definition) is 1. The van der Waals surface area contributed by atoms with Crippen LogP contribution in [0.4, 0.5) is 0 Å². The lowest BCUT2D eigenvalue weighted by molar-refractivity contribution is 0.278. The van der Waals surface area contributed by atoms with Gasteiger partial charge in [-0.05, 0) is 31.0 Å². The van der Waals surface area contributed by atoms with Gasteiger partial charge in [-0.2, -0.15) is 5.26 Å². The second-order valence-corrected chi connectivity index (χ2v) is 4.82. The molecule has 0 unspecified atom stereocenters. The standard InChI is InChI=1S/C11H11BrN2O/c12-9-1-2-10(8(5-9)6-13)15-7-11(14)3-4-11/h1-2,5H,3-4,7,14H2. The molecule has 4 heteroatoms. The van der Waals surface area contributed by atoms with Crippen molar-refractivity contribution in [2.75, 3.05) is 6.61 Å². The summed E-state index contributed by atoms with van der Waals surface area (Å²) in [7, 11) is 0. The van der Waals surface area contributed by atoms with Crippen LogP contribution >= 0.6 is 15.9 Å². The Morgan fingerprint density at radius 3 is 2.87 bits per heavy atom. The maximum absolute atomic E-state index is 8.91. The number of nitriles is 1. The van der Waals surface area contributed by atoms with Crippen LogP contribution in [0.3, 0.4) is 0 Å². The van der Waals surface area contributed by atoms with Crippen LogP contribution in [0, 0.1) is 11.3 Å². The Morgan fingerprint density at radius 1 is 1.53 bits per heavy atom. The fraction of sp³-hybridized carbons (Fsp3) is 0.364. The SMILES string of the molecule is N#Cc1cc(Br)ccc1OCC1(N)CC1. The summed E-state index contributed by atoms with van der Waals surface area (Å²) >= 11 is 3.31. The van der Waals surface area contributed by atoms with Gasteiger partial charge >= 0.3 is 0 Å². The minimum absolute atomic E-state index is 0.153. The first kappa shape index (κ1) is 10.5. The lowest BCUT2D eigenvalue weighted by atomic mass is 10.2. The largest absolute Gasteiger partial charge is 0.490 e. The van der Waals surface area contributed by atoms with E-state index in [9.17, 15) is 0 Å². The van der Waals surface area contributed by atoms with E-state index < -0.39 is 0 Å². The van der Waals surface area contributed by atoms with Crippen LogP contribution in [0.2, 0.25) is 0 Å². The molecule has 0 aliphatic heterocycles. The molecule has 1 aromatic rings. The molecule has 0 spiro atoms. The Labute approximate surface area is 97.0 Å². The topological polar surface area (TPSA) is 59.0 Å². The normalized spacial score (nSPS) is 16.9. The molecule has 2 rings (SSSR count). The smallest absolute Gasteiger partial charge is 0.137 e. The van der Waals surface area contributed by atoms with Crippen LogP contribution in [0.25, 0.3) is 0 Å². The first-order chi connectivity index (χ1) is 7.13. The Bertz CT molecular complexity index is 421. The summed E-state index contributed by atoms with van der Waals surface area (Å²) in [5, 5.41) is 8.91. The fourth-order valence-electron chi connectivity index (χ4n) is 1.24. The molecular weight excluding hydrogens is 256 g/mol. The molecule has 3 nitrogen and oxygen atoms in total. The van der Waals surface area contributed by atoms with Crippen LogP contribution in [-0.4, -0.2) is 12.1 Å². The number of nitrogens with zero attached hydrogens (tertiary/aromatic N) is 1. The first-order valence-electron chi connectivity index (χ1n) is 4.74. The highest BCUT2D eigenvalue weighted by Crippen LogP contribution is 2.33. The number of hydrogen-bond acceptors (Lipinski definition) is 3. The Hall–Kier alpha value is -1.05. The van der Waals surface area contributed by atoms with Gasteiger partial charge in [-0.1, -0.05) is 15.9 Å². The van der Waals surface area contributed by atoms with Gasteiger partial charge in [0.1, 0.15) is 18.4 Å². The van der Waals surface area contributed by atoms with Gasteiger partial charge in [-0.25, -0.2) is 0 Å². The first-order valence-corrected chi connectivity index (χ1v) is 5.54. The molecule has 0 heterocycles. The van der Waals surface area contributed by atoms with E-state index in [1.807, 2.05) is 6.07 Å². The lowest BCUT2D eigenvalue weighted by Crippen LogP contribution is -2.29. The Morgan fingerprint density at radius 2 is 2.27 bits per heavy atom. The molecule has 0 bridgehead atoms. The molecule has 1 saturated carbocycles. The zero-order chi connectivity index (χ0) is 10.9. The van der Waals surface area contributed by atoms with Crippen LogP contribution < -0.4 is 10.5 Å². The Kier molecular flexibility index (Phi) is 2.68. The van der Waals surface area contributed by atoms with Gasteiger partial charge in [-0.15, -0.1) is 0 Å². The molecule has 0 aromatic heterocycles. The van der Waals surface area contributed by atoms with Gasteiger partial charge in [0.05, 0.1) is 11.1 Å². The molecule has 0 saturated heterocycles. The highest BCUT2D eigenvalue weighted by Gasteiger charge is 2.39. The van der Waals surface area contributed by atoms with E-state index in [0.717, 1.165) is 17.3 Å². The highest BCUT2D eigenvalue weighted by atomic mass is 79.9. The maximum atomic E-state index is 8.91. The lowest BCUT2D eigenvalue weighted by Gasteiger charge is -2.12. The van der Waals surface area contributed by atoms with Gasteiger partial charge in [0.25, 0.3) is 0 Å². The summed E-state index contributed by atoms with van der Waals surface area (Å²) in [5.74, 6) is 0.609. The molecular formula is C11H11BrN2O. The van der Waals surface area contributed by atoms with Gasteiger partial charge in [-0.3, -0.25) is 0 Å². The summed E-state index contributed by atoms with van der Waals surface area (Å²) in [4.78, 5) is 0. The third kappa shape index (κ3) is 2.49. The molecule has 2 N–H and O–H groups in total. The second-order valence-electron chi connectivity index (χ2n) is 3.90.